The van der Waals surface area contributed by atoms with E-state index in [0.717, 1.165) is 26.6 Å². The van der Waals surface area contributed by atoms with Crippen LogP contribution in [0.25, 0.3) is 0 Å². The second kappa shape index (κ2) is 12.6. The summed E-state index contributed by atoms with van der Waals surface area (Å²) in [5, 5.41) is 4.66. The van der Waals surface area contributed by atoms with Crippen molar-refractivity contribution in [1.29, 1.82) is 0 Å². The number of nitrogens with zero attached hydrogens (tertiary/aromatic N) is 2. The quantitative estimate of drug-likeness (QED) is 0.193. The number of hydrazone groups is 1. The molecule has 1 N–H and O–H groups in total. The molecule has 0 saturated heterocycles. The monoisotopic (exact) mass is 561 g/mol. The molecule has 39 heavy (non-hydrogen) atoms. The molecule has 4 aromatic carbocycles. The van der Waals surface area contributed by atoms with Gasteiger partial charge in [-0.25, -0.2) is 13.8 Å². The maximum atomic E-state index is 13.5. The highest BCUT2D eigenvalue weighted by molar-refractivity contribution is 7.92. The topological polar surface area (TPSA) is 88.1 Å². The number of anilines is 1. The van der Waals surface area contributed by atoms with E-state index in [1.54, 1.807) is 67.6 Å². The zero-order valence-electron chi connectivity index (χ0n) is 21.5. The third-order valence-corrected chi connectivity index (χ3v) is 7.87. The lowest BCUT2D eigenvalue weighted by molar-refractivity contribution is -0.119. The molecular formula is C30H28ClN3O4S. The first kappa shape index (κ1) is 27.9. The maximum Gasteiger partial charge on any atom is 0.264 e. The molecule has 0 spiro atoms. The van der Waals surface area contributed by atoms with Crippen molar-refractivity contribution in [3.05, 3.63) is 124 Å². The van der Waals surface area contributed by atoms with Crippen LogP contribution in [-0.4, -0.2) is 27.1 Å². The summed E-state index contributed by atoms with van der Waals surface area (Å²) < 4.78 is 33.9. The van der Waals surface area contributed by atoms with E-state index >= 15 is 0 Å². The van der Waals surface area contributed by atoms with Crippen LogP contribution >= 0.6 is 11.6 Å². The van der Waals surface area contributed by atoms with Crippen LogP contribution in [0, 0.1) is 13.8 Å². The van der Waals surface area contributed by atoms with Crippen LogP contribution in [0.5, 0.6) is 5.75 Å². The van der Waals surface area contributed by atoms with Crippen molar-refractivity contribution < 1.29 is 17.9 Å². The molecular weight excluding hydrogens is 534 g/mol. The fourth-order valence-corrected chi connectivity index (χ4v) is 5.47. The minimum Gasteiger partial charge on any atom is -0.489 e. The van der Waals surface area contributed by atoms with Crippen molar-refractivity contribution in [3.63, 3.8) is 0 Å². The summed E-state index contributed by atoms with van der Waals surface area (Å²) in [5.41, 5.74) is 6.20. The summed E-state index contributed by atoms with van der Waals surface area (Å²) in [6.07, 6.45) is 1.48. The van der Waals surface area contributed by atoms with Crippen LogP contribution in [0.1, 0.15) is 22.3 Å². The van der Waals surface area contributed by atoms with Crippen LogP contribution in [0.3, 0.4) is 0 Å². The lowest BCUT2D eigenvalue weighted by atomic mass is 10.2. The minimum atomic E-state index is -4.00. The van der Waals surface area contributed by atoms with Gasteiger partial charge in [-0.05, 0) is 85.1 Å². The highest BCUT2D eigenvalue weighted by Gasteiger charge is 2.28. The number of halogens is 1. The SMILES string of the molecule is Cc1ccc(S(=O)(=O)N(CC(=O)N/N=C\c2ccc(OCc3cccc(Cl)c3)cc2)c2ccccc2C)cc1. The predicted octanol–water partition coefficient (Wildman–Crippen LogP) is 5.88. The highest BCUT2D eigenvalue weighted by atomic mass is 35.5. The molecule has 0 fully saturated rings. The molecule has 1 amide bonds. The Labute approximate surface area is 233 Å². The van der Waals surface area contributed by atoms with Crippen molar-refractivity contribution in [2.75, 3.05) is 10.8 Å². The molecule has 0 radical (unpaired) electrons. The van der Waals surface area contributed by atoms with Gasteiger partial charge in [-0.15, -0.1) is 0 Å². The lowest BCUT2D eigenvalue weighted by Crippen LogP contribution is -2.40. The first-order chi connectivity index (χ1) is 18.7. The van der Waals surface area contributed by atoms with E-state index in [9.17, 15) is 13.2 Å². The number of carbonyl (C=O) groups is 1. The van der Waals surface area contributed by atoms with Gasteiger partial charge in [0.05, 0.1) is 16.8 Å². The van der Waals surface area contributed by atoms with Crippen LogP contribution < -0.4 is 14.5 Å². The van der Waals surface area contributed by atoms with Crippen LogP contribution in [0.15, 0.2) is 107 Å². The van der Waals surface area contributed by atoms with Gasteiger partial charge in [0, 0.05) is 5.02 Å². The van der Waals surface area contributed by atoms with Gasteiger partial charge in [0.15, 0.2) is 0 Å². The maximum absolute atomic E-state index is 13.5. The van der Waals surface area contributed by atoms with E-state index in [1.807, 2.05) is 31.2 Å². The van der Waals surface area contributed by atoms with E-state index in [-0.39, 0.29) is 4.90 Å². The molecule has 0 saturated carbocycles. The molecule has 0 aromatic heterocycles. The molecule has 0 aliphatic rings. The van der Waals surface area contributed by atoms with E-state index < -0.39 is 22.5 Å². The molecule has 200 valence electrons. The predicted molar refractivity (Wildman–Crippen MR) is 155 cm³/mol. The van der Waals surface area contributed by atoms with Crippen molar-refractivity contribution >= 4 is 39.4 Å². The van der Waals surface area contributed by atoms with Gasteiger partial charge < -0.3 is 4.74 Å². The number of sulfonamides is 1. The standard InChI is InChI=1S/C30H28ClN3O4S/c1-22-10-16-28(17-11-22)39(36,37)34(29-9-4-3-6-23(29)2)20-30(35)33-32-19-24-12-14-27(15-13-24)38-21-25-7-5-8-26(31)18-25/h3-19H,20-21H2,1-2H3,(H,33,35)/b32-19-. The van der Waals surface area contributed by atoms with Crippen LogP contribution in [0.2, 0.25) is 5.02 Å². The zero-order valence-corrected chi connectivity index (χ0v) is 23.1. The Hall–Kier alpha value is -4.14. The highest BCUT2D eigenvalue weighted by Crippen LogP contribution is 2.26. The second-order valence-electron chi connectivity index (χ2n) is 8.89. The molecule has 0 unspecified atom stereocenters. The van der Waals surface area contributed by atoms with Gasteiger partial charge in [-0.2, -0.15) is 5.10 Å². The van der Waals surface area contributed by atoms with E-state index in [0.29, 0.717) is 23.1 Å². The van der Waals surface area contributed by atoms with Crippen molar-refractivity contribution in [2.45, 2.75) is 25.3 Å². The van der Waals surface area contributed by atoms with Crippen LogP contribution in [0.4, 0.5) is 5.69 Å². The molecule has 0 bridgehead atoms. The summed E-state index contributed by atoms with van der Waals surface area (Å²) in [5.74, 6) is 0.0954. The number of benzene rings is 4. The molecule has 0 heterocycles. The number of carbonyl (C=O) groups excluding carboxylic acids is 1. The van der Waals surface area contributed by atoms with E-state index in [4.69, 9.17) is 16.3 Å². The fourth-order valence-electron chi connectivity index (χ4n) is 3.77. The van der Waals surface area contributed by atoms with Crippen molar-refractivity contribution in [2.24, 2.45) is 5.10 Å². The summed E-state index contributed by atoms with van der Waals surface area (Å²) >= 11 is 6.01. The number of hydrogen-bond donors (Lipinski definition) is 1. The normalized spacial score (nSPS) is 11.4. The van der Waals surface area contributed by atoms with Gasteiger partial charge in [0.2, 0.25) is 0 Å². The Balaban J connectivity index is 1.41. The molecule has 7 nitrogen and oxygen atoms in total. The molecule has 9 heteroatoms. The lowest BCUT2D eigenvalue weighted by Gasteiger charge is -2.25. The summed E-state index contributed by atoms with van der Waals surface area (Å²) in [6.45, 7) is 3.62. The minimum absolute atomic E-state index is 0.102. The summed E-state index contributed by atoms with van der Waals surface area (Å²) in [6, 6.07) is 28.2. The van der Waals surface area contributed by atoms with Gasteiger partial charge in [-0.3, -0.25) is 9.10 Å². The Bertz CT molecular complexity index is 1570. The third kappa shape index (κ3) is 7.46. The van der Waals surface area contributed by atoms with Gasteiger partial charge >= 0.3 is 0 Å². The van der Waals surface area contributed by atoms with Crippen molar-refractivity contribution in [1.82, 2.24) is 5.43 Å². The molecule has 0 aliphatic carbocycles. The number of amides is 1. The number of para-hydroxylation sites is 1. The van der Waals surface area contributed by atoms with Crippen molar-refractivity contribution in [3.8, 4) is 5.75 Å². The number of nitrogens with one attached hydrogen (secondary N) is 1. The molecule has 0 atom stereocenters. The fraction of sp³-hybridized carbons (Fsp3) is 0.133. The molecule has 4 aromatic rings. The van der Waals surface area contributed by atoms with Crippen LogP contribution in [-0.2, 0) is 21.4 Å². The number of ether oxygens (including phenoxy) is 1. The Kier molecular flexibility index (Phi) is 9.01. The number of aryl methyl sites for hydroxylation is 2. The average molecular weight is 562 g/mol. The average Bonchev–Trinajstić information content (AvgIpc) is 2.92. The van der Waals surface area contributed by atoms with Gasteiger partial charge in [0.25, 0.3) is 15.9 Å². The smallest absolute Gasteiger partial charge is 0.264 e. The Morgan fingerprint density at radius 3 is 2.36 bits per heavy atom. The molecule has 0 aliphatic heterocycles. The third-order valence-electron chi connectivity index (χ3n) is 5.86. The Morgan fingerprint density at radius 1 is 0.949 bits per heavy atom. The largest absolute Gasteiger partial charge is 0.489 e. The van der Waals surface area contributed by atoms with E-state index in [1.165, 1.54) is 18.3 Å². The number of hydrogen-bond acceptors (Lipinski definition) is 5. The molecule has 4 rings (SSSR count). The number of rotatable bonds is 10. The summed E-state index contributed by atoms with van der Waals surface area (Å²) in [4.78, 5) is 12.9. The second-order valence-corrected chi connectivity index (χ2v) is 11.2. The van der Waals surface area contributed by atoms with Gasteiger partial charge in [0.1, 0.15) is 18.9 Å². The Morgan fingerprint density at radius 2 is 1.67 bits per heavy atom. The first-order valence-electron chi connectivity index (χ1n) is 12.2. The van der Waals surface area contributed by atoms with E-state index in [2.05, 4.69) is 10.5 Å². The zero-order chi connectivity index (χ0) is 27.8. The summed E-state index contributed by atoms with van der Waals surface area (Å²) in [7, 11) is -4.00. The first-order valence-corrected chi connectivity index (χ1v) is 14.0. The van der Waals surface area contributed by atoms with Gasteiger partial charge in [-0.1, -0.05) is 59.6 Å².